The molecule has 1 amide bonds. The van der Waals surface area contributed by atoms with Gasteiger partial charge in [-0.25, -0.2) is 0 Å². The van der Waals surface area contributed by atoms with E-state index >= 15 is 0 Å². The third kappa shape index (κ3) is 3.62. The minimum atomic E-state index is -4.43. The molecule has 2 aromatic carbocycles. The third-order valence-corrected chi connectivity index (χ3v) is 4.29. The van der Waals surface area contributed by atoms with Crippen molar-refractivity contribution in [2.45, 2.75) is 12.6 Å². The van der Waals surface area contributed by atoms with Crippen LogP contribution in [0.3, 0.4) is 0 Å². The predicted octanol–water partition coefficient (Wildman–Crippen LogP) is 5.13. The fraction of sp³-hybridized carbons (Fsp3) is 0.118. The van der Waals surface area contributed by atoms with Crippen LogP contribution in [0.25, 0.3) is 10.9 Å². The average molecular weight is 397 g/mol. The van der Waals surface area contributed by atoms with E-state index in [0.717, 1.165) is 16.1 Å². The van der Waals surface area contributed by atoms with Gasteiger partial charge in [0, 0.05) is 21.1 Å². The van der Waals surface area contributed by atoms with Crippen LogP contribution in [0.4, 0.5) is 18.9 Å². The zero-order valence-electron chi connectivity index (χ0n) is 12.2. The van der Waals surface area contributed by atoms with Crippen LogP contribution < -0.4 is 5.32 Å². The molecule has 1 aromatic heterocycles. The second-order valence-corrected chi connectivity index (χ2v) is 6.15. The minimum Gasteiger partial charge on any atom is -0.351 e. The fourth-order valence-corrected chi connectivity index (χ4v) is 2.81. The second kappa shape index (κ2) is 6.32. The molecule has 0 aliphatic heterocycles. The van der Waals surface area contributed by atoms with Crippen LogP contribution in [-0.4, -0.2) is 10.9 Å². The largest absolute Gasteiger partial charge is 0.431 e. The normalized spacial score (nSPS) is 11.7. The Morgan fingerprint density at radius 2 is 1.88 bits per heavy atom. The molecule has 0 atom stereocenters. The van der Waals surface area contributed by atoms with Gasteiger partial charge in [-0.1, -0.05) is 34.1 Å². The highest BCUT2D eigenvalue weighted by molar-refractivity contribution is 9.10. The molecule has 0 saturated heterocycles. The first kappa shape index (κ1) is 16.6. The minimum absolute atomic E-state index is 0.167. The molecule has 3 nitrogen and oxygen atoms in total. The van der Waals surface area contributed by atoms with Crippen LogP contribution in [0.2, 0.25) is 0 Å². The number of hydrogen-bond acceptors (Lipinski definition) is 1. The molecular formula is C17H12BrF3N2O. The Morgan fingerprint density at radius 3 is 2.58 bits per heavy atom. The molecule has 0 fully saturated rings. The van der Waals surface area contributed by atoms with Gasteiger partial charge in [0.05, 0.1) is 6.42 Å². The predicted molar refractivity (Wildman–Crippen MR) is 89.8 cm³/mol. The van der Waals surface area contributed by atoms with Gasteiger partial charge in [-0.3, -0.25) is 4.79 Å². The summed E-state index contributed by atoms with van der Waals surface area (Å²) in [5, 5.41) is 3.09. The number of carbonyl (C=O) groups is 1. The molecule has 24 heavy (non-hydrogen) atoms. The number of H-pyrrole nitrogens is 1. The molecule has 0 unspecified atom stereocenters. The van der Waals surface area contributed by atoms with Crippen molar-refractivity contribution in [3.8, 4) is 0 Å². The number of anilines is 1. The molecule has 1 heterocycles. The first-order chi connectivity index (χ1) is 11.3. The highest BCUT2D eigenvalue weighted by Crippen LogP contribution is 2.32. The molecule has 0 bridgehead atoms. The summed E-state index contributed by atoms with van der Waals surface area (Å²) < 4.78 is 39.0. The van der Waals surface area contributed by atoms with Crippen molar-refractivity contribution >= 4 is 38.4 Å². The van der Waals surface area contributed by atoms with Gasteiger partial charge in [0.2, 0.25) is 5.91 Å². The van der Waals surface area contributed by atoms with Gasteiger partial charge in [0.15, 0.2) is 0 Å². The van der Waals surface area contributed by atoms with E-state index in [1.807, 2.05) is 24.3 Å². The van der Waals surface area contributed by atoms with Crippen LogP contribution in [0.5, 0.6) is 0 Å². The number of nitrogens with one attached hydrogen (secondary N) is 2. The molecule has 7 heteroatoms. The molecule has 3 aromatic rings. The Bertz CT molecular complexity index is 902. The van der Waals surface area contributed by atoms with Crippen molar-refractivity contribution in [3.05, 3.63) is 64.3 Å². The summed E-state index contributed by atoms with van der Waals surface area (Å²) >= 11 is 3.37. The number of amides is 1. The number of hydrogen-bond donors (Lipinski definition) is 2. The number of halogens is 4. The third-order valence-electron chi connectivity index (χ3n) is 3.52. The van der Waals surface area contributed by atoms with Crippen molar-refractivity contribution in [2.75, 3.05) is 5.32 Å². The lowest BCUT2D eigenvalue weighted by atomic mass is 10.1. The number of alkyl halides is 3. The van der Waals surface area contributed by atoms with Crippen LogP contribution in [0.1, 0.15) is 11.3 Å². The van der Waals surface area contributed by atoms with E-state index < -0.39 is 11.9 Å². The number of benzene rings is 2. The van der Waals surface area contributed by atoms with Gasteiger partial charge in [-0.15, -0.1) is 0 Å². The SMILES string of the molecule is O=C(Cc1ccccc1Br)Nc1ccc2[nH]c(C(F)(F)F)cc2c1. The Hall–Kier alpha value is -2.28. The van der Waals surface area contributed by atoms with E-state index in [-0.39, 0.29) is 12.3 Å². The Labute approximate surface area is 144 Å². The molecule has 0 saturated carbocycles. The quantitative estimate of drug-likeness (QED) is 0.633. The zero-order chi connectivity index (χ0) is 17.3. The van der Waals surface area contributed by atoms with Gasteiger partial charge in [-0.2, -0.15) is 13.2 Å². The standard InChI is InChI=1S/C17H12BrF3N2O/c18-13-4-2-1-3-10(13)9-16(24)22-12-5-6-14-11(7-12)8-15(23-14)17(19,20)21/h1-8,23H,9H2,(H,22,24). The lowest BCUT2D eigenvalue weighted by molar-refractivity contribution is -0.140. The number of aromatic nitrogens is 1. The zero-order valence-corrected chi connectivity index (χ0v) is 13.8. The smallest absolute Gasteiger partial charge is 0.351 e. The Morgan fingerprint density at radius 1 is 1.12 bits per heavy atom. The summed E-state index contributed by atoms with van der Waals surface area (Å²) in [6, 6.07) is 13.0. The van der Waals surface area contributed by atoms with Crippen molar-refractivity contribution in [2.24, 2.45) is 0 Å². The van der Waals surface area contributed by atoms with Gasteiger partial charge in [0.1, 0.15) is 5.69 Å². The molecule has 0 aliphatic carbocycles. The van der Waals surface area contributed by atoms with E-state index in [9.17, 15) is 18.0 Å². The van der Waals surface area contributed by atoms with E-state index in [4.69, 9.17) is 0 Å². The van der Waals surface area contributed by atoms with Gasteiger partial charge in [0.25, 0.3) is 0 Å². The van der Waals surface area contributed by atoms with E-state index in [1.165, 1.54) is 12.1 Å². The van der Waals surface area contributed by atoms with E-state index in [2.05, 4.69) is 26.2 Å². The van der Waals surface area contributed by atoms with Crippen LogP contribution >= 0.6 is 15.9 Å². The maximum atomic E-state index is 12.7. The van der Waals surface area contributed by atoms with E-state index in [0.29, 0.717) is 16.6 Å². The van der Waals surface area contributed by atoms with Crippen molar-refractivity contribution in [3.63, 3.8) is 0 Å². The summed E-state index contributed by atoms with van der Waals surface area (Å²) in [4.78, 5) is 14.4. The maximum Gasteiger partial charge on any atom is 0.431 e. The maximum absolute atomic E-state index is 12.7. The lowest BCUT2D eigenvalue weighted by Gasteiger charge is -2.07. The highest BCUT2D eigenvalue weighted by Gasteiger charge is 2.32. The van der Waals surface area contributed by atoms with Gasteiger partial charge < -0.3 is 10.3 Å². The van der Waals surface area contributed by atoms with E-state index in [1.54, 1.807) is 6.07 Å². The number of fused-ring (bicyclic) bond motifs is 1. The summed E-state index contributed by atoms with van der Waals surface area (Å²) in [5.41, 5.74) is 0.838. The monoisotopic (exact) mass is 396 g/mol. The summed E-state index contributed by atoms with van der Waals surface area (Å²) in [5.74, 6) is -0.243. The number of aromatic amines is 1. The molecule has 124 valence electrons. The van der Waals surface area contributed by atoms with Crippen LogP contribution in [0.15, 0.2) is 53.0 Å². The van der Waals surface area contributed by atoms with Gasteiger partial charge >= 0.3 is 6.18 Å². The molecule has 3 rings (SSSR count). The number of carbonyl (C=O) groups excluding carboxylic acids is 1. The molecule has 2 N–H and O–H groups in total. The molecular weight excluding hydrogens is 385 g/mol. The first-order valence-electron chi connectivity index (χ1n) is 7.06. The molecule has 0 aliphatic rings. The van der Waals surface area contributed by atoms with Crippen LogP contribution in [-0.2, 0) is 17.4 Å². The first-order valence-corrected chi connectivity index (χ1v) is 7.85. The second-order valence-electron chi connectivity index (χ2n) is 5.30. The topological polar surface area (TPSA) is 44.9 Å². The van der Waals surface area contributed by atoms with Gasteiger partial charge in [-0.05, 0) is 35.9 Å². The molecule has 0 radical (unpaired) electrons. The summed E-state index contributed by atoms with van der Waals surface area (Å²) in [6.07, 6.45) is -4.26. The average Bonchev–Trinajstić information content (AvgIpc) is 2.93. The Balaban J connectivity index is 1.77. The number of rotatable bonds is 3. The van der Waals surface area contributed by atoms with Crippen molar-refractivity contribution in [1.82, 2.24) is 4.98 Å². The summed E-state index contributed by atoms with van der Waals surface area (Å²) in [7, 11) is 0. The van der Waals surface area contributed by atoms with Crippen molar-refractivity contribution in [1.29, 1.82) is 0 Å². The lowest BCUT2D eigenvalue weighted by Crippen LogP contribution is -2.14. The Kier molecular flexibility index (Phi) is 4.36. The van der Waals surface area contributed by atoms with Crippen molar-refractivity contribution < 1.29 is 18.0 Å². The highest BCUT2D eigenvalue weighted by atomic mass is 79.9. The fourth-order valence-electron chi connectivity index (χ4n) is 2.38. The molecule has 0 spiro atoms. The summed E-state index contributed by atoms with van der Waals surface area (Å²) in [6.45, 7) is 0. The van der Waals surface area contributed by atoms with Crippen LogP contribution in [0, 0.1) is 0 Å².